The molecule has 0 bridgehead atoms. The Hall–Kier alpha value is -1.80. The first kappa shape index (κ1) is 16.6. The molecule has 0 saturated carbocycles. The fraction of sp³-hybridized carbons (Fsp3) is 0.0625. The van der Waals surface area contributed by atoms with Crippen molar-refractivity contribution in [2.75, 3.05) is 11.6 Å². The molecule has 0 aliphatic rings. The average Bonchev–Trinajstić information content (AvgIpc) is 2.52. The van der Waals surface area contributed by atoms with Gasteiger partial charge in [0.2, 0.25) is 0 Å². The number of halogens is 2. The van der Waals surface area contributed by atoms with Crippen molar-refractivity contribution in [3.63, 3.8) is 0 Å². The maximum Gasteiger partial charge on any atom is 0.180 e. The summed E-state index contributed by atoms with van der Waals surface area (Å²) in [7, 11) is 0. The lowest BCUT2D eigenvalue weighted by Crippen LogP contribution is -2.02. The summed E-state index contributed by atoms with van der Waals surface area (Å²) in [6.45, 7) is 0. The van der Waals surface area contributed by atoms with Crippen molar-refractivity contribution in [3.05, 3.63) is 63.7 Å². The van der Waals surface area contributed by atoms with Crippen LogP contribution in [-0.4, -0.2) is 6.26 Å². The summed E-state index contributed by atoms with van der Waals surface area (Å²) < 4.78 is 0. The molecule has 2 aromatic rings. The molecule has 0 radical (unpaired) electrons. The van der Waals surface area contributed by atoms with E-state index in [1.165, 1.54) is 11.8 Å². The quantitative estimate of drug-likeness (QED) is 0.567. The van der Waals surface area contributed by atoms with Crippen LogP contribution in [0.2, 0.25) is 10.0 Å². The van der Waals surface area contributed by atoms with Crippen LogP contribution in [0.1, 0.15) is 0 Å². The van der Waals surface area contributed by atoms with Gasteiger partial charge in [-0.05, 0) is 24.5 Å². The summed E-state index contributed by atoms with van der Waals surface area (Å²) in [6.07, 6.45) is 5.36. The van der Waals surface area contributed by atoms with Gasteiger partial charge in [-0.2, -0.15) is 5.26 Å². The second kappa shape index (κ2) is 8.00. The van der Waals surface area contributed by atoms with Crippen LogP contribution in [0, 0.1) is 11.5 Å². The number of nitrogens with one attached hydrogen (secondary N) is 2. The summed E-state index contributed by atoms with van der Waals surface area (Å²) in [4.78, 5) is 0. The first-order chi connectivity index (χ1) is 10.7. The maximum atomic E-state index is 8.53. The lowest BCUT2D eigenvalue weighted by Gasteiger charge is -2.11. The molecular weight excluding hydrogens is 337 g/mol. The molecule has 0 amide bonds. The predicted molar refractivity (Wildman–Crippen MR) is 95.9 cm³/mol. The Morgan fingerprint density at radius 3 is 2.50 bits per heavy atom. The van der Waals surface area contributed by atoms with E-state index in [9.17, 15) is 0 Å². The molecule has 0 spiro atoms. The second-order valence-corrected chi connectivity index (χ2v) is 5.93. The van der Waals surface area contributed by atoms with Gasteiger partial charge in [-0.3, -0.25) is 5.32 Å². The lowest BCUT2D eigenvalue weighted by molar-refractivity contribution is 1.19. The van der Waals surface area contributed by atoms with Gasteiger partial charge in [0.25, 0.3) is 0 Å². The van der Waals surface area contributed by atoms with E-state index in [0.29, 0.717) is 10.0 Å². The number of hydrogen-bond donors (Lipinski definition) is 2. The van der Waals surface area contributed by atoms with E-state index in [4.69, 9.17) is 28.5 Å². The van der Waals surface area contributed by atoms with Gasteiger partial charge in [-0.1, -0.05) is 47.5 Å². The Balaban J connectivity index is 2.27. The second-order valence-electron chi connectivity index (χ2n) is 4.27. The molecule has 22 heavy (non-hydrogen) atoms. The van der Waals surface area contributed by atoms with Crippen LogP contribution in [-0.2, 0) is 0 Å². The third-order valence-electron chi connectivity index (χ3n) is 2.89. The van der Waals surface area contributed by atoms with Crippen molar-refractivity contribution in [2.45, 2.75) is 0 Å². The zero-order valence-corrected chi connectivity index (χ0v) is 14.1. The highest BCUT2D eigenvalue weighted by Gasteiger charge is 2.08. The third kappa shape index (κ3) is 4.11. The minimum absolute atomic E-state index is 0.604. The molecule has 0 aliphatic carbocycles. The van der Waals surface area contributed by atoms with Crippen LogP contribution in [0.5, 0.6) is 0 Å². The van der Waals surface area contributed by atoms with Gasteiger partial charge in [-0.25, -0.2) is 0 Å². The molecule has 0 heterocycles. The molecule has 0 fully saturated rings. The highest BCUT2D eigenvalue weighted by atomic mass is 35.5. The molecular formula is C16H13Cl2N3S. The molecule has 0 aromatic heterocycles. The Morgan fingerprint density at radius 1 is 1.14 bits per heavy atom. The highest BCUT2D eigenvalue weighted by Crippen LogP contribution is 2.35. The van der Waals surface area contributed by atoms with Crippen LogP contribution in [0.4, 0.5) is 5.69 Å². The lowest BCUT2D eigenvalue weighted by atomic mass is 10.1. The van der Waals surface area contributed by atoms with Crippen molar-refractivity contribution in [1.29, 1.82) is 5.26 Å². The zero-order chi connectivity index (χ0) is 15.9. The van der Waals surface area contributed by atoms with Crippen molar-refractivity contribution in [3.8, 4) is 17.3 Å². The number of nitrogens with zero attached hydrogens (tertiary/aromatic N) is 1. The molecule has 0 aliphatic heterocycles. The predicted octanol–water partition coefficient (Wildman–Crippen LogP) is 5.30. The van der Waals surface area contributed by atoms with Crippen molar-refractivity contribution in [1.82, 2.24) is 5.32 Å². The van der Waals surface area contributed by atoms with Gasteiger partial charge < -0.3 is 5.32 Å². The number of anilines is 1. The van der Waals surface area contributed by atoms with E-state index >= 15 is 0 Å². The van der Waals surface area contributed by atoms with Gasteiger partial charge in [-0.15, -0.1) is 11.8 Å². The first-order valence-corrected chi connectivity index (χ1v) is 8.34. The molecule has 2 N–H and O–H groups in total. The summed E-state index contributed by atoms with van der Waals surface area (Å²) in [5.41, 5.74) is 2.61. The molecule has 0 unspecified atom stereocenters. The van der Waals surface area contributed by atoms with Gasteiger partial charge >= 0.3 is 0 Å². The van der Waals surface area contributed by atoms with E-state index < -0.39 is 0 Å². The minimum Gasteiger partial charge on any atom is -0.349 e. The molecule has 0 saturated heterocycles. The van der Waals surface area contributed by atoms with Crippen molar-refractivity contribution in [2.24, 2.45) is 0 Å². The number of hydrogen-bond acceptors (Lipinski definition) is 4. The SMILES string of the molecule is CS/C(=C/NC#N)Nc1ccc(-c2ccccc2Cl)c(Cl)c1. The topological polar surface area (TPSA) is 47.9 Å². The van der Waals surface area contributed by atoms with Gasteiger partial charge in [0.1, 0.15) is 0 Å². The Kier molecular flexibility index (Phi) is 6.02. The largest absolute Gasteiger partial charge is 0.349 e. The van der Waals surface area contributed by atoms with Crippen LogP contribution in [0.3, 0.4) is 0 Å². The van der Waals surface area contributed by atoms with Crippen molar-refractivity contribution < 1.29 is 0 Å². The van der Waals surface area contributed by atoms with Gasteiger partial charge in [0, 0.05) is 28.0 Å². The summed E-state index contributed by atoms with van der Waals surface area (Å²) in [6, 6.07) is 13.2. The van der Waals surface area contributed by atoms with Gasteiger partial charge in [0.05, 0.1) is 10.1 Å². The molecule has 2 rings (SSSR count). The molecule has 2 aromatic carbocycles. The molecule has 0 atom stereocenters. The van der Waals surface area contributed by atoms with Crippen LogP contribution < -0.4 is 10.6 Å². The minimum atomic E-state index is 0.604. The first-order valence-electron chi connectivity index (χ1n) is 6.36. The van der Waals surface area contributed by atoms with Crippen LogP contribution in [0.15, 0.2) is 53.7 Å². The number of rotatable bonds is 5. The van der Waals surface area contributed by atoms with Crippen molar-refractivity contribution >= 4 is 40.7 Å². The monoisotopic (exact) mass is 349 g/mol. The Morgan fingerprint density at radius 2 is 1.86 bits per heavy atom. The summed E-state index contributed by atoms with van der Waals surface area (Å²) in [5, 5.41) is 16.3. The third-order valence-corrected chi connectivity index (χ3v) is 4.19. The number of benzene rings is 2. The van der Waals surface area contributed by atoms with Gasteiger partial charge in [0.15, 0.2) is 6.19 Å². The van der Waals surface area contributed by atoms with Crippen LogP contribution >= 0.6 is 35.0 Å². The maximum absolute atomic E-state index is 8.53. The van der Waals surface area contributed by atoms with E-state index in [2.05, 4.69) is 10.6 Å². The van der Waals surface area contributed by atoms with E-state index in [0.717, 1.165) is 21.8 Å². The molecule has 3 nitrogen and oxygen atoms in total. The molecule has 6 heteroatoms. The fourth-order valence-electron chi connectivity index (χ4n) is 1.88. The average molecular weight is 350 g/mol. The normalized spacial score (nSPS) is 10.9. The zero-order valence-electron chi connectivity index (χ0n) is 11.7. The standard InChI is InChI=1S/C16H13Cl2N3S/c1-22-16(9-20-10-19)21-11-6-7-13(15(18)8-11)12-4-2-3-5-14(12)17/h2-9,20-21H,1H3/b16-9+. The Labute approximate surface area is 143 Å². The molecule has 112 valence electrons. The number of nitriles is 1. The van der Waals surface area contributed by atoms with E-state index in [-0.39, 0.29) is 0 Å². The van der Waals surface area contributed by atoms with Crippen LogP contribution in [0.25, 0.3) is 11.1 Å². The smallest absolute Gasteiger partial charge is 0.180 e. The Bertz CT molecular complexity index is 738. The van der Waals surface area contributed by atoms with E-state index in [1.807, 2.05) is 54.9 Å². The summed E-state index contributed by atoms with van der Waals surface area (Å²) in [5.74, 6) is 0. The summed E-state index contributed by atoms with van der Waals surface area (Å²) >= 11 is 14.1. The van der Waals surface area contributed by atoms with E-state index in [1.54, 1.807) is 6.20 Å². The highest BCUT2D eigenvalue weighted by molar-refractivity contribution is 8.02. The number of thioether (sulfide) groups is 1. The fourth-order valence-corrected chi connectivity index (χ4v) is 2.79.